The van der Waals surface area contributed by atoms with Gasteiger partial charge in [-0.15, -0.1) is 0 Å². The van der Waals surface area contributed by atoms with E-state index in [2.05, 4.69) is 28.0 Å². The Morgan fingerprint density at radius 3 is 2.63 bits per heavy atom. The Morgan fingerprint density at radius 1 is 1.29 bits per heavy atom. The van der Waals surface area contributed by atoms with Gasteiger partial charge in [0, 0.05) is 30.1 Å². The molecule has 35 heavy (non-hydrogen) atoms. The number of aliphatic imine (C=N–C) groups is 1. The van der Waals surface area contributed by atoms with E-state index in [1.54, 1.807) is 0 Å². The summed E-state index contributed by atoms with van der Waals surface area (Å²) in [5.41, 5.74) is 2.60. The van der Waals surface area contributed by atoms with Crippen molar-refractivity contribution >= 4 is 35.5 Å². The van der Waals surface area contributed by atoms with E-state index in [0.717, 1.165) is 29.4 Å². The molecule has 0 saturated heterocycles. The third-order valence-corrected chi connectivity index (χ3v) is 6.41. The molecule has 0 aliphatic heterocycles. The Morgan fingerprint density at radius 2 is 2.03 bits per heavy atom. The monoisotopic (exact) mass is 501 g/mol. The predicted octanol–water partition coefficient (Wildman–Crippen LogP) is 4.27. The fourth-order valence-electron chi connectivity index (χ4n) is 3.65. The number of aldehydes is 1. The van der Waals surface area contributed by atoms with Crippen molar-refractivity contribution in [3.05, 3.63) is 58.2 Å². The first-order valence-electron chi connectivity index (χ1n) is 11.8. The fourth-order valence-corrected chi connectivity index (χ4v) is 3.85. The molecule has 0 aromatic rings. The Kier molecular flexibility index (Phi) is 10.9. The van der Waals surface area contributed by atoms with Crippen LogP contribution >= 0.6 is 11.6 Å². The van der Waals surface area contributed by atoms with Crippen molar-refractivity contribution in [3.63, 3.8) is 0 Å². The number of amides is 1. The molecule has 1 amide bonds. The van der Waals surface area contributed by atoms with Gasteiger partial charge in [-0.2, -0.15) is 0 Å². The molecule has 7 nitrogen and oxygen atoms in total. The van der Waals surface area contributed by atoms with Crippen LogP contribution in [0, 0.1) is 5.92 Å². The number of rotatable bonds is 11. The van der Waals surface area contributed by atoms with Crippen molar-refractivity contribution in [1.29, 1.82) is 0 Å². The van der Waals surface area contributed by atoms with Crippen molar-refractivity contribution < 1.29 is 19.1 Å². The van der Waals surface area contributed by atoms with Crippen molar-refractivity contribution in [1.82, 2.24) is 10.2 Å². The first kappa shape index (κ1) is 28.5. The quantitative estimate of drug-likeness (QED) is 0.259. The lowest BCUT2D eigenvalue weighted by Gasteiger charge is -2.33. The second-order valence-corrected chi connectivity index (χ2v) is 9.58. The number of ether oxygens (including phenoxy) is 1. The van der Waals surface area contributed by atoms with E-state index in [0.29, 0.717) is 30.1 Å². The molecule has 0 radical (unpaired) electrons. The first-order chi connectivity index (χ1) is 16.6. The molecule has 0 aromatic heterocycles. The first-order valence-corrected chi connectivity index (χ1v) is 12.2. The molecule has 0 spiro atoms. The smallest absolute Gasteiger partial charge is 0.307 e. The second-order valence-electron chi connectivity index (χ2n) is 9.09. The summed E-state index contributed by atoms with van der Waals surface area (Å²) >= 11 is 6.31. The Labute approximate surface area is 213 Å². The normalized spacial score (nSPS) is 18.7. The number of halogens is 1. The lowest BCUT2D eigenvalue weighted by atomic mass is 9.95. The number of likely N-dealkylation sites (N-methyl/N-ethyl adjacent to an activating group) is 1. The van der Waals surface area contributed by atoms with Crippen LogP contribution in [0.3, 0.4) is 0 Å². The van der Waals surface area contributed by atoms with E-state index >= 15 is 0 Å². The minimum absolute atomic E-state index is 0.113. The van der Waals surface area contributed by atoms with Crippen molar-refractivity contribution in [2.75, 3.05) is 27.2 Å². The zero-order valence-corrected chi connectivity index (χ0v) is 22.0. The molecular weight excluding hydrogens is 466 g/mol. The number of esters is 1. The summed E-state index contributed by atoms with van der Waals surface area (Å²) in [6, 6.07) is 0. The zero-order chi connectivity index (χ0) is 26.0. The lowest BCUT2D eigenvalue weighted by molar-refractivity contribution is -0.140. The summed E-state index contributed by atoms with van der Waals surface area (Å²) in [6.07, 6.45) is 14.7. The second kappa shape index (κ2) is 13.4. The number of nitrogens with zero attached hydrogens (tertiary/aromatic N) is 2. The molecule has 0 heterocycles. The zero-order valence-electron chi connectivity index (χ0n) is 21.3. The summed E-state index contributed by atoms with van der Waals surface area (Å²) in [5.74, 6) is -0.735. The van der Waals surface area contributed by atoms with Crippen LogP contribution in [0.25, 0.3) is 0 Å². The number of carbonyl (C=O) groups excluding carboxylic acids is 3. The fraction of sp³-hybridized carbons (Fsp3) is 0.481. The number of allylic oxidation sites excluding steroid dienone is 7. The highest BCUT2D eigenvalue weighted by atomic mass is 35.5. The van der Waals surface area contributed by atoms with Crippen LogP contribution in [0.4, 0.5) is 0 Å². The highest BCUT2D eigenvalue weighted by Gasteiger charge is 2.26. The van der Waals surface area contributed by atoms with E-state index in [1.807, 2.05) is 51.3 Å². The molecule has 0 aromatic carbocycles. The highest BCUT2D eigenvalue weighted by Crippen LogP contribution is 2.25. The van der Waals surface area contributed by atoms with Gasteiger partial charge in [0.15, 0.2) is 6.29 Å². The molecule has 0 fully saturated rings. The van der Waals surface area contributed by atoms with Crippen molar-refractivity contribution in [2.24, 2.45) is 10.9 Å². The van der Waals surface area contributed by atoms with Gasteiger partial charge in [0.05, 0.1) is 19.4 Å². The van der Waals surface area contributed by atoms with E-state index in [4.69, 9.17) is 16.6 Å². The largest absolute Gasteiger partial charge is 0.469 e. The maximum absolute atomic E-state index is 12.3. The maximum atomic E-state index is 12.3. The van der Waals surface area contributed by atoms with Gasteiger partial charge in [-0.1, -0.05) is 48.4 Å². The maximum Gasteiger partial charge on any atom is 0.307 e. The third-order valence-electron chi connectivity index (χ3n) is 6.15. The molecule has 190 valence electrons. The highest BCUT2D eigenvalue weighted by molar-refractivity contribution is 6.38. The molecule has 2 aliphatic carbocycles. The SMILES string of the molecule is CCC1=CCC(Cl)=CC(/C(C=O)=N/C(C)(C)N(C)CC2=CCC(C(=O)NCCC(=O)OC)C=C2)=C1. The number of nitrogens with one attached hydrogen (secondary N) is 1. The van der Waals surface area contributed by atoms with Gasteiger partial charge in [0.25, 0.3) is 0 Å². The van der Waals surface area contributed by atoms with Crippen LogP contribution in [0.1, 0.15) is 46.5 Å². The molecule has 2 rings (SSSR count). The molecule has 1 atom stereocenters. The summed E-state index contributed by atoms with van der Waals surface area (Å²) in [7, 11) is 3.28. The molecule has 1 unspecified atom stereocenters. The van der Waals surface area contributed by atoms with Crippen LogP contribution in [-0.4, -0.2) is 61.7 Å². The van der Waals surface area contributed by atoms with Crippen molar-refractivity contribution in [2.45, 2.75) is 52.1 Å². The minimum atomic E-state index is -0.656. The van der Waals surface area contributed by atoms with Gasteiger partial charge >= 0.3 is 5.97 Å². The van der Waals surface area contributed by atoms with Crippen LogP contribution < -0.4 is 5.32 Å². The average Bonchev–Trinajstić information content (AvgIpc) is 3.03. The molecular formula is C27H36ClN3O4. The van der Waals surface area contributed by atoms with E-state index < -0.39 is 5.66 Å². The molecule has 0 saturated carbocycles. The predicted molar refractivity (Wildman–Crippen MR) is 140 cm³/mol. The van der Waals surface area contributed by atoms with Crippen LogP contribution in [0.2, 0.25) is 0 Å². The number of carbonyl (C=O) groups is 3. The number of hydrogen-bond acceptors (Lipinski definition) is 6. The van der Waals surface area contributed by atoms with Crippen LogP contribution in [-0.2, 0) is 19.1 Å². The van der Waals surface area contributed by atoms with E-state index in [9.17, 15) is 14.4 Å². The van der Waals surface area contributed by atoms with Crippen molar-refractivity contribution in [3.8, 4) is 0 Å². The van der Waals surface area contributed by atoms with Gasteiger partial charge in [0.1, 0.15) is 11.4 Å². The number of methoxy groups -OCH3 is 1. The standard InChI is InChI=1S/C27H36ClN3O4/c1-6-19-9-12-23(28)16-22(15-19)24(18-32)30-27(2,3)31(4)17-20-7-10-21(11-8-20)26(34)29-14-13-25(33)35-5/h7-10,15-16,18,21H,6,11-14,17H2,1-5H3,(H,29,34)/b30-24+. The topological polar surface area (TPSA) is 88.1 Å². The van der Waals surface area contributed by atoms with Gasteiger partial charge < -0.3 is 10.1 Å². The summed E-state index contributed by atoms with van der Waals surface area (Å²) in [6.45, 7) is 6.84. The Balaban J connectivity index is 2.03. The van der Waals surface area contributed by atoms with Gasteiger partial charge in [-0.05, 0) is 51.5 Å². The molecule has 2 aliphatic rings. The third kappa shape index (κ3) is 8.75. The molecule has 0 bridgehead atoms. The summed E-state index contributed by atoms with van der Waals surface area (Å²) in [5, 5.41) is 3.43. The van der Waals surface area contributed by atoms with Gasteiger partial charge in [-0.25, -0.2) is 0 Å². The van der Waals surface area contributed by atoms with Crippen LogP contribution in [0.5, 0.6) is 0 Å². The van der Waals surface area contributed by atoms with Gasteiger partial charge in [0.2, 0.25) is 5.91 Å². The van der Waals surface area contributed by atoms with E-state index in [1.165, 1.54) is 7.11 Å². The summed E-state index contributed by atoms with van der Waals surface area (Å²) in [4.78, 5) is 42.3. The average molecular weight is 502 g/mol. The molecule has 8 heteroatoms. The van der Waals surface area contributed by atoms with Gasteiger partial charge in [-0.3, -0.25) is 24.3 Å². The van der Waals surface area contributed by atoms with E-state index in [-0.39, 0.29) is 30.8 Å². The van der Waals surface area contributed by atoms with Crippen LogP contribution in [0.15, 0.2) is 63.2 Å². The Hall–Kier alpha value is -2.77. The Bertz CT molecular complexity index is 1000. The molecule has 1 N–H and O–H groups in total. The lowest BCUT2D eigenvalue weighted by Crippen LogP contribution is -2.41. The number of hydrogen-bond donors (Lipinski definition) is 1. The minimum Gasteiger partial charge on any atom is -0.469 e. The summed E-state index contributed by atoms with van der Waals surface area (Å²) < 4.78 is 4.58.